The summed E-state index contributed by atoms with van der Waals surface area (Å²) in [5.41, 5.74) is 0. The van der Waals surface area contributed by atoms with Crippen molar-refractivity contribution in [2.75, 3.05) is 13.2 Å². The molecular weight excluding hydrogens is 184 g/mol. The van der Waals surface area contributed by atoms with Crippen LogP contribution in [-0.4, -0.2) is 13.2 Å². The van der Waals surface area contributed by atoms with Gasteiger partial charge in [0, 0.05) is 13.2 Å². The lowest BCUT2D eigenvalue weighted by molar-refractivity contribution is 0.0977. The predicted octanol–water partition coefficient (Wildman–Crippen LogP) is 4.12. The van der Waals surface area contributed by atoms with E-state index in [1.54, 1.807) is 0 Å². The van der Waals surface area contributed by atoms with Crippen molar-refractivity contribution in [2.45, 2.75) is 53.4 Å². The zero-order valence-corrected chi connectivity index (χ0v) is 11.0. The fourth-order valence-corrected chi connectivity index (χ4v) is 2.11. The van der Waals surface area contributed by atoms with Crippen LogP contribution in [0.15, 0.2) is 0 Å². The second-order valence-electron chi connectivity index (χ2n) is 6.01. The van der Waals surface area contributed by atoms with Gasteiger partial charge in [0.2, 0.25) is 0 Å². The van der Waals surface area contributed by atoms with Crippen LogP contribution in [0.3, 0.4) is 0 Å². The SMILES string of the molecule is CC(C)CCC[C@@H]1C[C@@H]1COCC(C)C. The Labute approximate surface area is 95.6 Å². The first kappa shape index (κ1) is 13.0. The van der Waals surface area contributed by atoms with E-state index in [1.807, 2.05) is 0 Å². The predicted molar refractivity (Wildman–Crippen MR) is 65.9 cm³/mol. The van der Waals surface area contributed by atoms with Gasteiger partial charge in [0.15, 0.2) is 0 Å². The standard InChI is InChI=1S/C14H28O/c1-11(2)6-5-7-13-8-14(13)10-15-9-12(3)4/h11-14H,5-10H2,1-4H3/t13-,14-/m1/s1. The molecule has 0 aromatic rings. The highest BCUT2D eigenvalue weighted by Crippen LogP contribution is 2.42. The lowest BCUT2D eigenvalue weighted by Gasteiger charge is -2.06. The van der Waals surface area contributed by atoms with Gasteiger partial charge >= 0.3 is 0 Å². The Morgan fingerprint density at radius 2 is 1.80 bits per heavy atom. The van der Waals surface area contributed by atoms with Gasteiger partial charge in [0.05, 0.1) is 0 Å². The van der Waals surface area contributed by atoms with Crippen LogP contribution in [0.1, 0.15) is 53.4 Å². The van der Waals surface area contributed by atoms with Gasteiger partial charge in [0.25, 0.3) is 0 Å². The highest BCUT2D eigenvalue weighted by Gasteiger charge is 2.36. The molecule has 0 aromatic carbocycles. The minimum atomic E-state index is 0.683. The fraction of sp³-hybridized carbons (Fsp3) is 1.00. The molecule has 0 bridgehead atoms. The molecule has 0 heterocycles. The van der Waals surface area contributed by atoms with Gasteiger partial charge in [-0.2, -0.15) is 0 Å². The number of ether oxygens (including phenoxy) is 1. The molecule has 1 rings (SSSR count). The summed E-state index contributed by atoms with van der Waals surface area (Å²) in [7, 11) is 0. The van der Waals surface area contributed by atoms with E-state index < -0.39 is 0 Å². The van der Waals surface area contributed by atoms with E-state index in [0.29, 0.717) is 5.92 Å². The summed E-state index contributed by atoms with van der Waals surface area (Å²) in [6, 6.07) is 0. The largest absolute Gasteiger partial charge is 0.381 e. The first-order chi connectivity index (χ1) is 7.09. The van der Waals surface area contributed by atoms with E-state index in [-0.39, 0.29) is 0 Å². The number of hydrogen-bond acceptors (Lipinski definition) is 1. The van der Waals surface area contributed by atoms with Crippen molar-refractivity contribution >= 4 is 0 Å². The average molecular weight is 212 g/mol. The molecule has 0 spiro atoms. The van der Waals surface area contributed by atoms with Gasteiger partial charge in [0.1, 0.15) is 0 Å². The molecule has 1 heteroatoms. The van der Waals surface area contributed by atoms with Crippen molar-refractivity contribution in [3.05, 3.63) is 0 Å². The van der Waals surface area contributed by atoms with Crippen LogP contribution in [0.5, 0.6) is 0 Å². The minimum Gasteiger partial charge on any atom is -0.381 e. The van der Waals surface area contributed by atoms with E-state index in [2.05, 4.69) is 27.7 Å². The average Bonchev–Trinajstić information content (AvgIpc) is 2.82. The zero-order valence-electron chi connectivity index (χ0n) is 11.0. The molecule has 0 N–H and O–H groups in total. The first-order valence-corrected chi connectivity index (χ1v) is 6.67. The van der Waals surface area contributed by atoms with E-state index in [1.165, 1.54) is 25.7 Å². The van der Waals surface area contributed by atoms with Gasteiger partial charge in [-0.1, -0.05) is 47.0 Å². The number of rotatable bonds is 8. The fourth-order valence-electron chi connectivity index (χ4n) is 2.11. The monoisotopic (exact) mass is 212 g/mol. The normalized spacial score (nSPS) is 25.2. The molecule has 0 unspecified atom stereocenters. The van der Waals surface area contributed by atoms with E-state index >= 15 is 0 Å². The quantitative estimate of drug-likeness (QED) is 0.588. The molecule has 0 saturated heterocycles. The second-order valence-corrected chi connectivity index (χ2v) is 6.01. The van der Waals surface area contributed by atoms with Crippen LogP contribution in [0.2, 0.25) is 0 Å². The maximum atomic E-state index is 5.68. The molecule has 1 saturated carbocycles. The highest BCUT2D eigenvalue weighted by atomic mass is 16.5. The molecule has 0 radical (unpaired) electrons. The molecule has 1 aliphatic rings. The summed E-state index contributed by atoms with van der Waals surface area (Å²) in [5, 5.41) is 0. The molecule has 15 heavy (non-hydrogen) atoms. The molecule has 2 atom stereocenters. The maximum Gasteiger partial charge on any atom is 0.0497 e. The van der Waals surface area contributed by atoms with Gasteiger partial charge < -0.3 is 4.74 Å². The third-order valence-corrected chi connectivity index (χ3v) is 3.21. The van der Waals surface area contributed by atoms with Crippen LogP contribution in [-0.2, 0) is 4.74 Å². The Kier molecular flexibility index (Phi) is 5.66. The van der Waals surface area contributed by atoms with Crippen molar-refractivity contribution < 1.29 is 4.74 Å². The van der Waals surface area contributed by atoms with Crippen molar-refractivity contribution in [3.8, 4) is 0 Å². The molecule has 1 aliphatic carbocycles. The summed E-state index contributed by atoms with van der Waals surface area (Å²) in [5.74, 6) is 3.45. The Balaban J connectivity index is 1.89. The molecule has 0 amide bonds. The van der Waals surface area contributed by atoms with Crippen molar-refractivity contribution in [3.63, 3.8) is 0 Å². The Morgan fingerprint density at radius 1 is 1.07 bits per heavy atom. The van der Waals surface area contributed by atoms with Crippen molar-refractivity contribution in [1.82, 2.24) is 0 Å². The topological polar surface area (TPSA) is 9.23 Å². The molecule has 1 fully saturated rings. The molecule has 0 aliphatic heterocycles. The van der Waals surface area contributed by atoms with Gasteiger partial charge in [-0.25, -0.2) is 0 Å². The Morgan fingerprint density at radius 3 is 2.40 bits per heavy atom. The molecule has 0 aromatic heterocycles. The van der Waals surface area contributed by atoms with Crippen LogP contribution < -0.4 is 0 Å². The van der Waals surface area contributed by atoms with Crippen LogP contribution in [0, 0.1) is 23.7 Å². The van der Waals surface area contributed by atoms with Crippen LogP contribution >= 0.6 is 0 Å². The Bertz CT molecular complexity index is 145. The summed E-state index contributed by atoms with van der Waals surface area (Å²) in [4.78, 5) is 0. The summed E-state index contributed by atoms with van der Waals surface area (Å²) < 4.78 is 5.68. The number of hydrogen-bond donors (Lipinski definition) is 0. The first-order valence-electron chi connectivity index (χ1n) is 6.67. The summed E-state index contributed by atoms with van der Waals surface area (Å²) in [6.45, 7) is 11.0. The molecule has 1 nitrogen and oxygen atoms in total. The minimum absolute atomic E-state index is 0.683. The van der Waals surface area contributed by atoms with Gasteiger partial charge in [-0.05, 0) is 30.1 Å². The lowest BCUT2D eigenvalue weighted by Crippen LogP contribution is -2.05. The highest BCUT2D eigenvalue weighted by molar-refractivity contribution is 4.85. The van der Waals surface area contributed by atoms with Crippen LogP contribution in [0.4, 0.5) is 0 Å². The van der Waals surface area contributed by atoms with Crippen molar-refractivity contribution in [2.24, 2.45) is 23.7 Å². The van der Waals surface area contributed by atoms with Crippen molar-refractivity contribution in [1.29, 1.82) is 0 Å². The maximum absolute atomic E-state index is 5.68. The van der Waals surface area contributed by atoms with E-state index in [4.69, 9.17) is 4.74 Å². The van der Waals surface area contributed by atoms with Crippen LogP contribution in [0.25, 0.3) is 0 Å². The zero-order chi connectivity index (χ0) is 11.3. The molecule has 90 valence electrons. The van der Waals surface area contributed by atoms with E-state index in [9.17, 15) is 0 Å². The Hall–Kier alpha value is -0.0400. The third kappa shape index (κ3) is 6.19. The van der Waals surface area contributed by atoms with E-state index in [0.717, 1.165) is 31.0 Å². The summed E-state index contributed by atoms with van der Waals surface area (Å²) in [6.07, 6.45) is 5.68. The molecular formula is C14H28O. The summed E-state index contributed by atoms with van der Waals surface area (Å²) >= 11 is 0. The van der Waals surface area contributed by atoms with Gasteiger partial charge in [-0.3, -0.25) is 0 Å². The smallest absolute Gasteiger partial charge is 0.0497 e. The third-order valence-electron chi connectivity index (χ3n) is 3.21. The second kappa shape index (κ2) is 6.52. The lowest BCUT2D eigenvalue weighted by atomic mass is 10.0. The van der Waals surface area contributed by atoms with Gasteiger partial charge in [-0.15, -0.1) is 0 Å².